The maximum absolute atomic E-state index is 12.1. The number of likely N-dealkylation sites (N-methyl/N-ethyl adjacent to an activating group) is 1. The second-order valence-electron chi connectivity index (χ2n) is 5.61. The summed E-state index contributed by atoms with van der Waals surface area (Å²) in [6, 6.07) is 9.48. The van der Waals surface area contributed by atoms with E-state index in [1.54, 1.807) is 19.4 Å². The van der Waals surface area contributed by atoms with E-state index >= 15 is 0 Å². The van der Waals surface area contributed by atoms with Gasteiger partial charge in [-0.1, -0.05) is 22.0 Å². The Morgan fingerprint density at radius 3 is 2.80 bits per heavy atom. The minimum absolute atomic E-state index is 0.0296. The van der Waals surface area contributed by atoms with Crippen molar-refractivity contribution in [1.29, 1.82) is 0 Å². The highest BCUT2D eigenvalue weighted by atomic mass is 79.9. The number of nitrogens with one attached hydrogen (secondary N) is 1. The molecule has 2 amide bonds. The molecule has 0 atom stereocenters. The van der Waals surface area contributed by atoms with Gasteiger partial charge in [0.05, 0.1) is 12.3 Å². The quantitative estimate of drug-likeness (QED) is 0.742. The Hall–Kier alpha value is -1.86. The summed E-state index contributed by atoms with van der Waals surface area (Å²) in [5.41, 5.74) is 2.79. The number of anilines is 1. The van der Waals surface area contributed by atoms with Crippen LogP contribution in [0.3, 0.4) is 0 Å². The Kier molecular flexibility index (Phi) is 7.46. The summed E-state index contributed by atoms with van der Waals surface area (Å²) in [4.78, 5) is 29.8. The largest absolute Gasteiger partial charge is 0.336 e. The van der Waals surface area contributed by atoms with E-state index in [0.717, 1.165) is 27.0 Å². The Balaban J connectivity index is 1.76. The number of rotatable bonds is 7. The van der Waals surface area contributed by atoms with E-state index in [1.807, 2.05) is 37.3 Å². The third-order valence-corrected chi connectivity index (χ3v) is 4.97. The zero-order chi connectivity index (χ0) is 18.2. The van der Waals surface area contributed by atoms with E-state index in [2.05, 4.69) is 26.2 Å². The molecule has 25 heavy (non-hydrogen) atoms. The predicted molar refractivity (Wildman–Crippen MR) is 106 cm³/mol. The van der Waals surface area contributed by atoms with Crippen LogP contribution in [-0.2, 0) is 15.3 Å². The Morgan fingerprint density at radius 1 is 1.32 bits per heavy atom. The Morgan fingerprint density at radius 2 is 2.12 bits per heavy atom. The Labute approximate surface area is 160 Å². The first kappa shape index (κ1) is 19.5. The zero-order valence-electron chi connectivity index (χ0n) is 14.2. The molecule has 0 unspecified atom stereocenters. The van der Waals surface area contributed by atoms with Crippen LogP contribution in [0.1, 0.15) is 11.1 Å². The van der Waals surface area contributed by atoms with Crippen molar-refractivity contribution in [2.45, 2.75) is 12.7 Å². The summed E-state index contributed by atoms with van der Waals surface area (Å²) >= 11 is 4.90. The lowest BCUT2D eigenvalue weighted by atomic mass is 10.2. The van der Waals surface area contributed by atoms with Gasteiger partial charge in [-0.3, -0.25) is 14.6 Å². The van der Waals surface area contributed by atoms with Crippen molar-refractivity contribution >= 4 is 45.2 Å². The number of benzene rings is 1. The number of aryl methyl sites for hydroxylation is 1. The lowest BCUT2D eigenvalue weighted by Crippen LogP contribution is -2.36. The SMILES string of the molecule is Cc1cc(Br)ccc1NC(=O)CN(C)C(=O)CSCc1cccnc1. The lowest BCUT2D eigenvalue weighted by molar-refractivity contribution is -0.131. The van der Waals surface area contributed by atoms with Gasteiger partial charge in [-0.15, -0.1) is 11.8 Å². The molecular formula is C18H20BrN3O2S. The summed E-state index contributed by atoms with van der Waals surface area (Å²) in [7, 11) is 1.64. The first-order valence-electron chi connectivity index (χ1n) is 7.72. The Bertz CT molecular complexity index is 740. The second kappa shape index (κ2) is 9.58. The molecule has 0 bridgehead atoms. The van der Waals surface area contributed by atoms with E-state index in [1.165, 1.54) is 16.7 Å². The topological polar surface area (TPSA) is 62.3 Å². The van der Waals surface area contributed by atoms with Crippen LogP contribution in [-0.4, -0.2) is 41.0 Å². The predicted octanol–water partition coefficient (Wildman–Crippen LogP) is 3.48. The van der Waals surface area contributed by atoms with Gasteiger partial charge in [-0.05, 0) is 42.3 Å². The third kappa shape index (κ3) is 6.51. The normalized spacial score (nSPS) is 10.4. The highest BCUT2D eigenvalue weighted by molar-refractivity contribution is 9.10. The number of thioether (sulfide) groups is 1. The van der Waals surface area contributed by atoms with Gasteiger partial charge in [0.2, 0.25) is 11.8 Å². The average Bonchev–Trinajstić information content (AvgIpc) is 2.58. The van der Waals surface area contributed by atoms with Crippen LogP contribution in [0.2, 0.25) is 0 Å². The number of hydrogen-bond donors (Lipinski definition) is 1. The molecule has 0 spiro atoms. The van der Waals surface area contributed by atoms with Crippen LogP contribution in [0.4, 0.5) is 5.69 Å². The molecule has 0 aliphatic carbocycles. The van der Waals surface area contributed by atoms with Crippen molar-refractivity contribution in [3.05, 3.63) is 58.3 Å². The molecule has 1 N–H and O–H groups in total. The summed E-state index contributed by atoms with van der Waals surface area (Å²) in [6.45, 7) is 1.95. The van der Waals surface area contributed by atoms with Crippen LogP contribution >= 0.6 is 27.7 Å². The highest BCUT2D eigenvalue weighted by Gasteiger charge is 2.14. The van der Waals surface area contributed by atoms with Gasteiger partial charge in [-0.2, -0.15) is 0 Å². The van der Waals surface area contributed by atoms with Gasteiger partial charge >= 0.3 is 0 Å². The van der Waals surface area contributed by atoms with Gasteiger partial charge in [0.25, 0.3) is 0 Å². The standard InChI is InChI=1S/C18H20BrN3O2S/c1-13-8-15(19)5-6-16(13)21-17(23)10-22(2)18(24)12-25-11-14-4-3-7-20-9-14/h3-9H,10-12H2,1-2H3,(H,21,23). The minimum atomic E-state index is -0.210. The number of hydrogen-bond acceptors (Lipinski definition) is 4. The van der Waals surface area contributed by atoms with Gasteiger partial charge in [-0.25, -0.2) is 0 Å². The van der Waals surface area contributed by atoms with Crippen molar-refractivity contribution in [1.82, 2.24) is 9.88 Å². The van der Waals surface area contributed by atoms with Crippen molar-refractivity contribution in [2.24, 2.45) is 0 Å². The fourth-order valence-corrected chi connectivity index (χ4v) is 3.49. The van der Waals surface area contributed by atoms with Crippen LogP contribution in [0, 0.1) is 6.92 Å². The summed E-state index contributed by atoms with van der Waals surface area (Å²) in [6.07, 6.45) is 3.51. The number of carbonyl (C=O) groups excluding carboxylic acids is 2. The first-order chi connectivity index (χ1) is 12.0. The van der Waals surface area contributed by atoms with Crippen molar-refractivity contribution < 1.29 is 9.59 Å². The highest BCUT2D eigenvalue weighted by Crippen LogP contribution is 2.20. The number of pyridine rings is 1. The molecule has 1 heterocycles. The molecule has 2 rings (SSSR count). The number of amides is 2. The lowest BCUT2D eigenvalue weighted by Gasteiger charge is -2.17. The minimum Gasteiger partial charge on any atom is -0.336 e. The van der Waals surface area contributed by atoms with Crippen LogP contribution in [0.15, 0.2) is 47.2 Å². The second-order valence-corrected chi connectivity index (χ2v) is 7.51. The molecule has 1 aromatic heterocycles. The summed E-state index contributed by atoms with van der Waals surface area (Å²) in [5, 5.41) is 2.84. The molecule has 5 nitrogen and oxygen atoms in total. The van der Waals surface area contributed by atoms with Crippen molar-refractivity contribution in [3.8, 4) is 0 Å². The average molecular weight is 422 g/mol. The monoisotopic (exact) mass is 421 g/mol. The molecule has 132 valence electrons. The molecule has 0 saturated carbocycles. The molecule has 0 radical (unpaired) electrons. The zero-order valence-corrected chi connectivity index (χ0v) is 16.6. The van der Waals surface area contributed by atoms with Gasteiger partial charge in [0.15, 0.2) is 0 Å². The maximum Gasteiger partial charge on any atom is 0.243 e. The van der Waals surface area contributed by atoms with E-state index < -0.39 is 0 Å². The number of halogens is 1. The molecule has 7 heteroatoms. The molecule has 0 fully saturated rings. The van der Waals surface area contributed by atoms with Gasteiger partial charge in [0, 0.05) is 35.4 Å². The molecule has 0 saturated heterocycles. The van der Waals surface area contributed by atoms with Gasteiger partial charge in [0.1, 0.15) is 0 Å². The molecule has 0 aliphatic rings. The van der Waals surface area contributed by atoms with Crippen LogP contribution in [0.25, 0.3) is 0 Å². The van der Waals surface area contributed by atoms with E-state index in [4.69, 9.17) is 0 Å². The fraction of sp³-hybridized carbons (Fsp3) is 0.278. The van der Waals surface area contributed by atoms with Gasteiger partial charge < -0.3 is 10.2 Å². The molecule has 0 aliphatic heterocycles. The number of aromatic nitrogens is 1. The maximum atomic E-state index is 12.1. The number of carbonyl (C=O) groups is 2. The smallest absolute Gasteiger partial charge is 0.243 e. The fourth-order valence-electron chi connectivity index (χ4n) is 2.11. The summed E-state index contributed by atoms with van der Waals surface area (Å²) in [5.74, 6) is 0.767. The first-order valence-corrected chi connectivity index (χ1v) is 9.67. The number of nitrogens with zero attached hydrogens (tertiary/aromatic N) is 2. The van der Waals surface area contributed by atoms with Crippen molar-refractivity contribution in [3.63, 3.8) is 0 Å². The molecule has 1 aromatic carbocycles. The van der Waals surface area contributed by atoms with E-state index in [9.17, 15) is 9.59 Å². The molecular weight excluding hydrogens is 402 g/mol. The molecule has 2 aromatic rings. The van der Waals surface area contributed by atoms with Crippen molar-refractivity contribution in [2.75, 3.05) is 24.7 Å². The van der Waals surface area contributed by atoms with Crippen LogP contribution in [0.5, 0.6) is 0 Å². The van der Waals surface area contributed by atoms with E-state index in [0.29, 0.717) is 5.75 Å². The third-order valence-electron chi connectivity index (χ3n) is 3.49. The van der Waals surface area contributed by atoms with E-state index in [-0.39, 0.29) is 18.4 Å². The summed E-state index contributed by atoms with van der Waals surface area (Å²) < 4.78 is 0.959. The van der Waals surface area contributed by atoms with Crippen LogP contribution < -0.4 is 5.32 Å².